The minimum atomic E-state index is 0.826. The van der Waals surface area contributed by atoms with Gasteiger partial charge < -0.3 is 9.30 Å². The van der Waals surface area contributed by atoms with Crippen molar-refractivity contribution in [1.29, 1.82) is 0 Å². The van der Waals surface area contributed by atoms with E-state index >= 15 is 0 Å². The van der Waals surface area contributed by atoms with Gasteiger partial charge in [-0.05, 0) is 36.2 Å². The highest BCUT2D eigenvalue weighted by molar-refractivity contribution is 6.08. The van der Waals surface area contributed by atoms with Gasteiger partial charge in [0.25, 0.3) is 0 Å². The molecule has 0 aliphatic rings. The molecule has 3 nitrogen and oxygen atoms in total. The van der Waals surface area contributed by atoms with Crippen LogP contribution in [0.15, 0.2) is 60.8 Å². The minimum Gasteiger partial charge on any atom is -0.497 e. The Labute approximate surface area is 167 Å². The molecule has 0 radical (unpaired) electrons. The Morgan fingerprint density at radius 1 is 0.893 bits per heavy atom. The van der Waals surface area contributed by atoms with Gasteiger partial charge >= 0.3 is 0 Å². The van der Waals surface area contributed by atoms with Crippen LogP contribution in [0.2, 0.25) is 0 Å². The summed E-state index contributed by atoms with van der Waals surface area (Å²) in [5, 5.41) is 2.64. The predicted octanol–water partition coefficient (Wildman–Crippen LogP) is 6.37. The van der Waals surface area contributed by atoms with E-state index in [2.05, 4.69) is 54.0 Å². The number of rotatable bonds is 8. The lowest BCUT2D eigenvalue weighted by Gasteiger charge is -2.11. The van der Waals surface area contributed by atoms with E-state index in [9.17, 15) is 0 Å². The predicted molar refractivity (Wildman–Crippen MR) is 117 cm³/mol. The van der Waals surface area contributed by atoms with Crippen LogP contribution in [-0.4, -0.2) is 16.7 Å². The van der Waals surface area contributed by atoms with E-state index < -0.39 is 0 Å². The fraction of sp³-hybridized carbons (Fsp3) is 0.320. The van der Waals surface area contributed by atoms with Crippen molar-refractivity contribution in [2.45, 2.75) is 45.6 Å². The fourth-order valence-electron chi connectivity index (χ4n) is 4.07. The first-order valence-electron chi connectivity index (χ1n) is 10.3. The Hall–Kier alpha value is -2.81. The van der Waals surface area contributed by atoms with E-state index in [4.69, 9.17) is 9.72 Å². The van der Waals surface area contributed by atoms with Crippen molar-refractivity contribution in [2.24, 2.45) is 0 Å². The van der Waals surface area contributed by atoms with Gasteiger partial charge in [0.1, 0.15) is 5.75 Å². The number of aromatic nitrogens is 2. The topological polar surface area (TPSA) is 27.1 Å². The summed E-state index contributed by atoms with van der Waals surface area (Å²) in [5.41, 5.74) is 5.01. The van der Waals surface area contributed by atoms with Gasteiger partial charge in [0.2, 0.25) is 0 Å². The molecule has 2 aromatic carbocycles. The molecule has 2 heterocycles. The molecule has 0 saturated carbocycles. The number of pyridine rings is 1. The third-order valence-corrected chi connectivity index (χ3v) is 5.52. The number of unbranched alkanes of at least 4 members (excludes halogenated alkanes) is 3. The first-order valence-corrected chi connectivity index (χ1v) is 10.3. The molecule has 4 aromatic rings. The average Bonchev–Trinajstić information content (AvgIpc) is 3.07. The Kier molecular flexibility index (Phi) is 5.61. The largest absolute Gasteiger partial charge is 0.497 e. The van der Waals surface area contributed by atoms with Gasteiger partial charge in [-0.25, -0.2) is 0 Å². The Morgan fingerprint density at radius 3 is 2.50 bits per heavy atom. The van der Waals surface area contributed by atoms with Crippen LogP contribution in [0.25, 0.3) is 21.8 Å². The van der Waals surface area contributed by atoms with Crippen LogP contribution in [0.1, 0.15) is 43.9 Å². The van der Waals surface area contributed by atoms with Crippen LogP contribution in [0.3, 0.4) is 0 Å². The van der Waals surface area contributed by atoms with Crippen molar-refractivity contribution >= 4 is 21.8 Å². The Balaban J connectivity index is 1.77. The van der Waals surface area contributed by atoms with Gasteiger partial charge in [0, 0.05) is 35.5 Å². The summed E-state index contributed by atoms with van der Waals surface area (Å²) in [4.78, 5) is 4.79. The number of benzene rings is 2. The van der Waals surface area contributed by atoms with E-state index in [0.29, 0.717) is 0 Å². The van der Waals surface area contributed by atoms with Gasteiger partial charge in [-0.15, -0.1) is 0 Å². The molecule has 0 aliphatic carbocycles. The molecular weight excluding hydrogens is 344 g/mol. The lowest BCUT2D eigenvalue weighted by Crippen LogP contribution is -2.02. The van der Waals surface area contributed by atoms with Gasteiger partial charge in [-0.2, -0.15) is 0 Å². The van der Waals surface area contributed by atoms with Crippen molar-refractivity contribution in [2.75, 3.05) is 7.11 Å². The van der Waals surface area contributed by atoms with Crippen molar-refractivity contribution in [3.63, 3.8) is 0 Å². The molecule has 0 atom stereocenters. The van der Waals surface area contributed by atoms with Crippen LogP contribution in [0.5, 0.6) is 5.75 Å². The molecule has 3 heteroatoms. The molecule has 2 aromatic heterocycles. The summed E-state index contributed by atoms with van der Waals surface area (Å²) in [6, 6.07) is 19.2. The summed E-state index contributed by atoms with van der Waals surface area (Å²) >= 11 is 0. The zero-order valence-corrected chi connectivity index (χ0v) is 16.8. The first kappa shape index (κ1) is 18.5. The Morgan fingerprint density at radius 2 is 1.71 bits per heavy atom. The summed E-state index contributed by atoms with van der Waals surface area (Å²) in [7, 11) is 1.70. The van der Waals surface area contributed by atoms with E-state index in [1.54, 1.807) is 7.11 Å². The number of nitrogens with zero attached hydrogens (tertiary/aromatic N) is 2. The van der Waals surface area contributed by atoms with Crippen LogP contribution in [0.4, 0.5) is 0 Å². The normalized spacial score (nSPS) is 11.4. The van der Waals surface area contributed by atoms with Crippen molar-refractivity contribution in [3.05, 3.63) is 72.1 Å². The van der Waals surface area contributed by atoms with Gasteiger partial charge in [-0.1, -0.05) is 56.5 Å². The van der Waals surface area contributed by atoms with Gasteiger partial charge in [0.15, 0.2) is 0 Å². The summed E-state index contributed by atoms with van der Waals surface area (Å²) in [6.45, 7) is 3.31. The van der Waals surface area contributed by atoms with Crippen LogP contribution >= 0.6 is 0 Å². The first-order chi connectivity index (χ1) is 13.8. The molecule has 28 heavy (non-hydrogen) atoms. The number of aryl methyl sites for hydroxylation is 1. The van der Waals surface area contributed by atoms with Crippen LogP contribution in [0, 0.1) is 0 Å². The number of fused-ring (bicyclic) bond motifs is 3. The smallest absolute Gasteiger partial charge is 0.118 e. The molecule has 0 saturated heterocycles. The molecule has 0 fully saturated rings. The molecule has 0 bridgehead atoms. The van der Waals surface area contributed by atoms with Crippen molar-refractivity contribution < 1.29 is 4.74 Å². The standard InChI is InChI=1S/C25H28N2O/c1-3-4-5-8-17-27-24-10-7-6-9-21(24)22-15-16-26-23(25(22)27)18-19-11-13-20(28-2)14-12-19/h6-7,9-16H,3-5,8,17-18H2,1-2H3. The number of hydrogen-bond donors (Lipinski definition) is 0. The molecule has 0 aliphatic heterocycles. The molecule has 4 rings (SSSR count). The van der Waals surface area contributed by atoms with E-state index in [-0.39, 0.29) is 0 Å². The number of ether oxygens (including phenoxy) is 1. The number of para-hydroxylation sites is 1. The highest BCUT2D eigenvalue weighted by Gasteiger charge is 2.14. The van der Waals surface area contributed by atoms with Crippen molar-refractivity contribution in [1.82, 2.24) is 9.55 Å². The molecule has 144 valence electrons. The van der Waals surface area contributed by atoms with Crippen LogP contribution < -0.4 is 4.74 Å². The third kappa shape index (κ3) is 3.62. The van der Waals surface area contributed by atoms with Crippen molar-refractivity contribution in [3.8, 4) is 5.75 Å². The zero-order chi connectivity index (χ0) is 19.3. The summed E-state index contributed by atoms with van der Waals surface area (Å²) in [6.07, 6.45) is 7.82. The number of hydrogen-bond acceptors (Lipinski definition) is 2. The average molecular weight is 373 g/mol. The SMILES string of the molecule is CCCCCCn1c2ccccc2c2ccnc(Cc3ccc(OC)cc3)c21. The zero-order valence-electron chi connectivity index (χ0n) is 16.8. The highest BCUT2D eigenvalue weighted by Crippen LogP contribution is 2.31. The molecular formula is C25H28N2O. The van der Waals surface area contributed by atoms with E-state index in [1.807, 2.05) is 18.3 Å². The van der Waals surface area contributed by atoms with E-state index in [0.717, 1.165) is 24.4 Å². The summed E-state index contributed by atoms with van der Waals surface area (Å²) in [5.74, 6) is 0.889. The molecule has 0 unspecified atom stereocenters. The fourth-order valence-corrected chi connectivity index (χ4v) is 4.07. The van der Waals surface area contributed by atoms with E-state index in [1.165, 1.54) is 53.1 Å². The lowest BCUT2D eigenvalue weighted by atomic mass is 10.1. The molecule has 0 N–H and O–H groups in total. The van der Waals surface area contributed by atoms with Gasteiger partial charge in [0.05, 0.1) is 18.3 Å². The second-order valence-corrected chi connectivity index (χ2v) is 7.41. The second kappa shape index (κ2) is 8.47. The number of methoxy groups -OCH3 is 1. The molecule has 0 spiro atoms. The van der Waals surface area contributed by atoms with Gasteiger partial charge in [-0.3, -0.25) is 4.98 Å². The maximum absolute atomic E-state index is 5.29. The maximum Gasteiger partial charge on any atom is 0.118 e. The minimum absolute atomic E-state index is 0.826. The maximum atomic E-state index is 5.29. The van der Waals surface area contributed by atoms with Crippen LogP contribution in [-0.2, 0) is 13.0 Å². The monoisotopic (exact) mass is 372 g/mol. The lowest BCUT2D eigenvalue weighted by molar-refractivity contribution is 0.414. The molecule has 0 amide bonds. The quantitative estimate of drug-likeness (QED) is 0.336. The Bertz CT molecular complexity index is 1060. The second-order valence-electron chi connectivity index (χ2n) is 7.41. The summed E-state index contributed by atoms with van der Waals surface area (Å²) < 4.78 is 7.79. The highest BCUT2D eigenvalue weighted by atomic mass is 16.5. The third-order valence-electron chi connectivity index (χ3n) is 5.52.